The van der Waals surface area contributed by atoms with Crippen molar-refractivity contribution in [3.05, 3.63) is 23.8 Å². The number of anilines is 1. The summed E-state index contributed by atoms with van der Waals surface area (Å²) in [6, 6.07) is 4.37. The summed E-state index contributed by atoms with van der Waals surface area (Å²) < 4.78 is 22.5. The smallest absolute Gasteiger partial charge is 0.238 e. The van der Waals surface area contributed by atoms with Crippen molar-refractivity contribution < 1.29 is 13.2 Å². The van der Waals surface area contributed by atoms with Gasteiger partial charge >= 0.3 is 0 Å². The maximum atomic E-state index is 11.9. The SMILES string of the molecule is Cc1ccc(S(N)(=O)=O)cc1NC(=O)C(C)CCN. The molecule has 106 valence electrons. The molecular formula is C12H19N3O3S. The summed E-state index contributed by atoms with van der Waals surface area (Å²) in [5.41, 5.74) is 6.61. The maximum absolute atomic E-state index is 11.9. The van der Waals surface area contributed by atoms with Crippen LogP contribution >= 0.6 is 0 Å². The molecule has 1 unspecified atom stereocenters. The average Bonchev–Trinajstić information content (AvgIpc) is 2.30. The topological polar surface area (TPSA) is 115 Å². The summed E-state index contributed by atoms with van der Waals surface area (Å²) in [5, 5.41) is 7.75. The molecule has 0 saturated carbocycles. The highest BCUT2D eigenvalue weighted by atomic mass is 32.2. The zero-order valence-corrected chi connectivity index (χ0v) is 11.8. The summed E-state index contributed by atoms with van der Waals surface area (Å²) in [6.07, 6.45) is 0.569. The molecule has 1 rings (SSSR count). The van der Waals surface area contributed by atoms with Crippen molar-refractivity contribution in [2.45, 2.75) is 25.2 Å². The Hall–Kier alpha value is -1.44. The van der Waals surface area contributed by atoms with Crippen LogP contribution in [0, 0.1) is 12.8 Å². The molecule has 19 heavy (non-hydrogen) atoms. The minimum Gasteiger partial charge on any atom is -0.330 e. The number of hydrogen-bond donors (Lipinski definition) is 3. The minimum absolute atomic E-state index is 0.0279. The normalized spacial score (nSPS) is 13.1. The van der Waals surface area contributed by atoms with E-state index in [9.17, 15) is 13.2 Å². The van der Waals surface area contributed by atoms with Crippen molar-refractivity contribution in [1.29, 1.82) is 0 Å². The molecule has 1 atom stereocenters. The van der Waals surface area contributed by atoms with Gasteiger partial charge in [0.25, 0.3) is 0 Å². The predicted octanol–water partition coefficient (Wildman–Crippen LogP) is 0.566. The van der Waals surface area contributed by atoms with Gasteiger partial charge in [-0.15, -0.1) is 0 Å². The highest BCUT2D eigenvalue weighted by molar-refractivity contribution is 7.89. The van der Waals surface area contributed by atoms with Crippen LogP contribution in [0.15, 0.2) is 23.1 Å². The van der Waals surface area contributed by atoms with Crippen LogP contribution in [0.4, 0.5) is 5.69 Å². The van der Waals surface area contributed by atoms with Gasteiger partial charge in [-0.2, -0.15) is 0 Å². The zero-order chi connectivity index (χ0) is 14.6. The Bertz CT molecular complexity index is 570. The lowest BCUT2D eigenvalue weighted by Gasteiger charge is -2.13. The molecular weight excluding hydrogens is 266 g/mol. The van der Waals surface area contributed by atoms with Crippen LogP contribution in [0.2, 0.25) is 0 Å². The minimum atomic E-state index is -3.78. The lowest BCUT2D eigenvalue weighted by Crippen LogP contribution is -2.23. The standard InChI is InChI=1S/C12H19N3O3S/c1-8-3-4-10(19(14,17)18)7-11(8)15-12(16)9(2)5-6-13/h3-4,7,9H,5-6,13H2,1-2H3,(H,15,16)(H2,14,17,18). The third-order valence-electron chi connectivity index (χ3n) is 2.84. The zero-order valence-electron chi connectivity index (χ0n) is 11.0. The molecule has 0 heterocycles. The number of rotatable bonds is 5. The van der Waals surface area contributed by atoms with Gasteiger partial charge in [-0.3, -0.25) is 4.79 Å². The number of aryl methyl sites for hydroxylation is 1. The van der Waals surface area contributed by atoms with Gasteiger partial charge in [-0.25, -0.2) is 13.6 Å². The van der Waals surface area contributed by atoms with Crippen molar-refractivity contribution in [3.8, 4) is 0 Å². The number of sulfonamides is 1. The van der Waals surface area contributed by atoms with Crippen molar-refractivity contribution in [3.63, 3.8) is 0 Å². The number of carbonyl (C=O) groups is 1. The Morgan fingerprint density at radius 1 is 1.42 bits per heavy atom. The number of nitrogens with one attached hydrogen (secondary N) is 1. The molecule has 6 nitrogen and oxygen atoms in total. The molecule has 0 radical (unpaired) electrons. The largest absolute Gasteiger partial charge is 0.330 e. The van der Waals surface area contributed by atoms with Crippen LogP contribution < -0.4 is 16.2 Å². The van der Waals surface area contributed by atoms with E-state index < -0.39 is 10.0 Å². The molecule has 0 saturated heterocycles. The number of hydrogen-bond acceptors (Lipinski definition) is 4. The Kier molecular flexibility index (Phi) is 5.04. The van der Waals surface area contributed by atoms with Crippen LogP contribution in [-0.2, 0) is 14.8 Å². The van der Waals surface area contributed by atoms with Crippen LogP contribution in [0.3, 0.4) is 0 Å². The van der Waals surface area contributed by atoms with E-state index in [0.717, 1.165) is 5.56 Å². The molecule has 0 bridgehead atoms. The third kappa shape index (κ3) is 4.30. The third-order valence-corrected chi connectivity index (χ3v) is 3.75. The van der Waals surface area contributed by atoms with E-state index in [1.165, 1.54) is 12.1 Å². The van der Waals surface area contributed by atoms with Crippen LogP contribution in [0.5, 0.6) is 0 Å². The highest BCUT2D eigenvalue weighted by Gasteiger charge is 2.15. The first-order valence-corrected chi connectivity index (χ1v) is 7.44. The van der Waals surface area contributed by atoms with Gasteiger partial charge in [0.05, 0.1) is 4.90 Å². The molecule has 0 aliphatic carbocycles. The van der Waals surface area contributed by atoms with Crippen molar-refractivity contribution >= 4 is 21.6 Å². The second-order valence-corrected chi connectivity index (χ2v) is 6.05. The van der Waals surface area contributed by atoms with E-state index in [1.54, 1.807) is 19.9 Å². The molecule has 7 heteroatoms. The molecule has 1 aromatic carbocycles. The molecule has 1 amide bonds. The Balaban J connectivity index is 2.98. The molecule has 1 aromatic rings. The predicted molar refractivity (Wildman–Crippen MR) is 74.0 cm³/mol. The lowest BCUT2D eigenvalue weighted by atomic mass is 10.1. The Morgan fingerprint density at radius 3 is 2.58 bits per heavy atom. The summed E-state index contributed by atoms with van der Waals surface area (Å²) in [7, 11) is -3.78. The number of carbonyl (C=O) groups excluding carboxylic acids is 1. The number of primary sulfonamides is 1. The number of nitrogens with two attached hydrogens (primary N) is 2. The van der Waals surface area contributed by atoms with E-state index in [0.29, 0.717) is 18.7 Å². The molecule has 0 aliphatic rings. The van der Waals surface area contributed by atoms with E-state index in [2.05, 4.69) is 5.32 Å². The summed E-state index contributed by atoms with van der Waals surface area (Å²) in [5.74, 6) is -0.428. The van der Waals surface area contributed by atoms with Crippen molar-refractivity contribution in [2.75, 3.05) is 11.9 Å². The summed E-state index contributed by atoms with van der Waals surface area (Å²) in [4.78, 5) is 11.8. The quantitative estimate of drug-likeness (QED) is 0.733. The lowest BCUT2D eigenvalue weighted by molar-refractivity contribution is -0.119. The second kappa shape index (κ2) is 6.14. The molecule has 0 aromatic heterocycles. The average molecular weight is 285 g/mol. The van der Waals surface area contributed by atoms with Gasteiger partial charge in [-0.05, 0) is 37.6 Å². The van der Waals surface area contributed by atoms with Crippen molar-refractivity contribution in [1.82, 2.24) is 0 Å². The van der Waals surface area contributed by atoms with Gasteiger partial charge in [0, 0.05) is 11.6 Å². The first kappa shape index (κ1) is 15.6. The van der Waals surface area contributed by atoms with E-state index in [1.807, 2.05) is 0 Å². The van der Waals surface area contributed by atoms with Gasteiger partial charge < -0.3 is 11.1 Å². The fourth-order valence-corrected chi connectivity index (χ4v) is 2.09. The molecule has 0 aliphatic heterocycles. The van der Waals surface area contributed by atoms with E-state index in [4.69, 9.17) is 10.9 Å². The van der Waals surface area contributed by atoms with Crippen LogP contribution in [0.25, 0.3) is 0 Å². The number of amides is 1. The first-order valence-electron chi connectivity index (χ1n) is 5.90. The summed E-state index contributed by atoms with van der Waals surface area (Å²) in [6.45, 7) is 3.96. The molecule has 5 N–H and O–H groups in total. The number of benzene rings is 1. The van der Waals surface area contributed by atoms with E-state index in [-0.39, 0.29) is 16.7 Å². The van der Waals surface area contributed by atoms with Crippen molar-refractivity contribution in [2.24, 2.45) is 16.8 Å². The van der Waals surface area contributed by atoms with E-state index >= 15 is 0 Å². The Labute approximate surface area is 113 Å². The van der Waals surface area contributed by atoms with Crippen LogP contribution in [-0.4, -0.2) is 20.9 Å². The van der Waals surface area contributed by atoms with Gasteiger partial charge in [0.15, 0.2) is 0 Å². The molecule has 0 fully saturated rings. The molecule has 0 spiro atoms. The van der Waals surface area contributed by atoms with Gasteiger partial charge in [-0.1, -0.05) is 13.0 Å². The Morgan fingerprint density at radius 2 is 2.05 bits per heavy atom. The fourth-order valence-electron chi connectivity index (χ4n) is 1.55. The maximum Gasteiger partial charge on any atom is 0.238 e. The monoisotopic (exact) mass is 285 g/mol. The highest BCUT2D eigenvalue weighted by Crippen LogP contribution is 2.20. The van der Waals surface area contributed by atoms with Crippen LogP contribution in [0.1, 0.15) is 18.9 Å². The second-order valence-electron chi connectivity index (χ2n) is 4.49. The first-order chi connectivity index (χ1) is 8.75. The van der Waals surface area contributed by atoms with Gasteiger partial charge in [0.2, 0.25) is 15.9 Å². The van der Waals surface area contributed by atoms with Gasteiger partial charge in [0.1, 0.15) is 0 Å². The summed E-state index contributed by atoms with van der Waals surface area (Å²) >= 11 is 0. The fraction of sp³-hybridized carbons (Fsp3) is 0.417.